The van der Waals surface area contributed by atoms with Crippen LogP contribution in [0, 0.1) is 0 Å². The van der Waals surface area contributed by atoms with Crippen LogP contribution < -0.4 is 0 Å². The summed E-state index contributed by atoms with van der Waals surface area (Å²) in [4.78, 5) is 4.50. The van der Waals surface area contributed by atoms with Crippen LogP contribution in [0.4, 0.5) is 0 Å². The summed E-state index contributed by atoms with van der Waals surface area (Å²) in [5.41, 5.74) is 0.792. The molecular formula is C15H23ClN2O2. The Bertz CT molecular complexity index is 420. The van der Waals surface area contributed by atoms with Gasteiger partial charge in [0.05, 0.1) is 12.2 Å². The Morgan fingerprint density at radius 2 is 1.60 bits per heavy atom. The summed E-state index contributed by atoms with van der Waals surface area (Å²) < 4.78 is 0. The number of β-amino-alcohol motifs (C(OH)–C–C–N with tert-alkyl or cyclic N) is 2. The Morgan fingerprint density at radius 3 is 2.15 bits per heavy atom. The molecule has 0 radical (unpaired) electrons. The zero-order valence-electron chi connectivity index (χ0n) is 11.9. The first kappa shape index (κ1) is 15.7. The Labute approximate surface area is 125 Å². The van der Waals surface area contributed by atoms with Crippen LogP contribution >= 0.6 is 11.6 Å². The van der Waals surface area contributed by atoms with E-state index >= 15 is 0 Å². The van der Waals surface area contributed by atoms with Gasteiger partial charge in [0.25, 0.3) is 0 Å². The Kier molecular flexibility index (Phi) is 5.81. The molecule has 1 aromatic carbocycles. The molecule has 0 aliphatic carbocycles. The molecule has 1 fully saturated rings. The third-order valence-corrected chi connectivity index (χ3v) is 4.03. The van der Waals surface area contributed by atoms with Gasteiger partial charge < -0.3 is 10.2 Å². The zero-order chi connectivity index (χ0) is 14.5. The molecule has 1 aliphatic heterocycles. The van der Waals surface area contributed by atoms with Crippen LogP contribution in [0.25, 0.3) is 0 Å². The first-order valence-corrected chi connectivity index (χ1v) is 7.49. The van der Waals surface area contributed by atoms with Gasteiger partial charge in [-0.25, -0.2) is 0 Å². The van der Waals surface area contributed by atoms with E-state index in [1.807, 2.05) is 25.1 Å². The van der Waals surface area contributed by atoms with Crippen LogP contribution in [-0.2, 0) is 0 Å². The first-order valence-electron chi connectivity index (χ1n) is 7.11. The topological polar surface area (TPSA) is 46.9 Å². The maximum atomic E-state index is 10.3. The maximum Gasteiger partial charge on any atom is 0.0931 e. The van der Waals surface area contributed by atoms with Gasteiger partial charge in [0.15, 0.2) is 0 Å². The summed E-state index contributed by atoms with van der Waals surface area (Å²) in [7, 11) is 0. The van der Waals surface area contributed by atoms with Crippen molar-refractivity contribution in [2.75, 3.05) is 39.3 Å². The molecule has 1 saturated heterocycles. The summed E-state index contributed by atoms with van der Waals surface area (Å²) in [6, 6.07) is 7.44. The standard InChI is InChI=1S/C15H23ClN2O2/c1-12(19)10-17-6-8-18(9-7-17)11-15(20)13-4-2-3-5-14(13)16/h2-5,12,15,19-20H,6-11H2,1H3/t12-,15+/m1/s1. The monoisotopic (exact) mass is 298 g/mol. The molecule has 0 bridgehead atoms. The molecule has 0 saturated carbocycles. The van der Waals surface area contributed by atoms with Crippen molar-refractivity contribution >= 4 is 11.6 Å². The second-order valence-electron chi connectivity index (χ2n) is 5.49. The number of benzene rings is 1. The van der Waals surface area contributed by atoms with E-state index in [4.69, 9.17) is 11.6 Å². The maximum absolute atomic E-state index is 10.3. The summed E-state index contributed by atoms with van der Waals surface area (Å²) in [5.74, 6) is 0. The summed E-state index contributed by atoms with van der Waals surface area (Å²) >= 11 is 6.10. The minimum absolute atomic E-state index is 0.282. The highest BCUT2D eigenvalue weighted by molar-refractivity contribution is 6.31. The van der Waals surface area contributed by atoms with Gasteiger partial charge in [-0.2, -0.15) is 0 Å². The molecule has 1 aliphatic rings. The summed E-state index contributed by atoms with van der Waals surface area (Å²) in [6.45, 7) is 6.82. The van der Waals surface area contributed by atoms with Gasteiger partial charge in [-0.1, -0.05) is 29.8 Å². The zero-order valence-corrected chi connectivity index (χ0v) is 12.6. The highest BCUT2D eigenvalue weighted by Gasteiger charge is 2.21. The molecule has 112 valence electrons. The lowest BCUT2D eigenvalue weighted by atomic mass is 10.1. The molecular weight excluding hydrogens is 276 g/mol. The van der Waals surface area contributed by atoms with Gasteiger partial charge in [-0.15, -0.1) is 0 Å². The molecule has 4 nitrogen and oxygen atoms in total. The molecule has 1 aromatic rings. The molecule has 1 heterocycles. The highest BCUT2D eigenvalue weighted by Crippen LogP contribution is 2.23. The number of aliphatic hydroxyl groups is 2. The number of hydrogen-bond donors (Lipinski definition) is 2. The van der Waals surface area contributed by atoms with Crippen molar-refractivity contribution in [3.05, 3.63) is 34.9 Å². The van der Waals surface area contributed by atoms with Crippen molar-refractivity contribution in [3.8, 4) is 0 Å². The minimum Gasteiger partial charge on any atom is -0.392 e. The molecule has 5 heteroatoms. The summed E-state index contributed by atoms with van der Waals surface area (Å²) in [5, 5.41) is 20.3. The fourth-order valence-electron chi connectivity index (χ4n) is 2.62. The minimum atomic E-state index is -0.549. The number of halogens is 1. The van der Waals surface area contributed by atoms with E-state index in [1.54, 1.807) is 6.07 Å². The van der Waals surface area contributed by atoms with Crippen molar-refractivity contribution in [2.24, 2.45) is 0 Å². The van der Waals surface area contributed by atoms with Crippen molar-refractivity contribution in [1.82, 2.24) is 9.80 Å². The predicted molar refractivity (Wildman–Crippen MR) is 81.0 cm³/mol. The van der Waals surface area contributed by atoms with Gasteiger partial charge in [-0.3, -0.25) is 9.80 Å². The predicted octanol–water partition coefficient (Wildman–Crippen LogP) is 1.37. The van der Waals surface area contributed by atoms with Gasteiger partial charge in [0.1, 0.15) is 0 Å². The Hall–Kier alpha value is -0.650. The van der Waals surface area contributed by atoms with Crippen molar-refractivity contribution in [1.29, 1.82) is 0 Å². The largest absolute Gasteiger partial charge is 0.392 e. The van der Waals surface area contributed by atoms with Gasteiger partial charge in [0.2, 0.25) is 0 Å². The van der Waals surface area contributed by atoms with E-state index in [1.165, 1.54) is 0 Å². The molecule has 0 aromatic heterocycles. The number of rotatable bonds is 5. The van der Waals surface area contributed by atoms with Crippen molar-refractivity contribution in [2.45, 2.75) is 19.1 Å². The third kappa shape index (κ3) is 4.43. The second-order valence-corrected chi connectivity index (χ2v) is 5.89. The van der Waals surface area contributed by atoms with Gasteiger partial charge >= 0.3 is 0 Å². The highest BCUT2D eigenvalue weighted by atomic mass is 35.5. The fraction of sp³-hybridized carbons (Fsp3) is 0.600. The molecule has 2 N–H and O–H groups in total. The smallest absolute Gasteiger partial charge is 0.0931 e. The lowest BCUT2D eigenvalue weighted by Crippen LogP contribution is -2.49. The molecule has 2 rings (SSSR count). The van der Waals surface area contributed by atoms with E-state index in [9.17, 15) is 10.2 Å². The van der Waals surface area contributed by atoms with Crippen LogP contribution in [0.3, 0.4) is 0 Å². The quantitative estimate of drug-likeness (QED) is 0.862. The molecule has 20 heavy (non-hydrogen) atoms. The average Bonchev–Trinajstić information content (AvgIpc) is 2.41. The lowest BCUT2D eigenvalue weighted by Gasteiger charge is -2.36. The summed E-state index contributed by atoms with van der Waals surface area (Å²) in [6.07, 6.45) is -0.831. The fourth-order valence-corrected chi connectivity index (χ4v) is 2.88. The second kappa shape index (κ2) is 7.38. The van der Waals surface area contributed by atoms with Crippen LogP contribution in [0.5, 0.6) is 0 Å². The van der Waals surface area contributed by atoms with Crippen molar-refractivity contribution in [3.63, 3.8) is 0 Å². The third-order valence-electron chi connectivity index (χ3n) is 3.68. The molecule has 0 amide bonds. The molecule has 2 atom stereocenters. The normalized spacial score (nSPS) is 20.8. The van der Waals surface area contributed by atoms with Gasteiger partial charge in [0, 0.05) is 49.9 Å². The lowest BCUT2D eigenvalue weighted by molar-refractivity contribution is 0.0527. The van der Waals surface area contributed by atoms with E-state index in [0.29, 0.717) is 11.6 Å². The van der Waals surface area contributed by atoms with Crippen LogP contribution in [-0.4, -0.2) is 65.4 Å². The molecule has 0 unspecified atom stereocenters. The van der Waals surface area contributed by atoms with E-state index in [2.05, 4.69) is 9.80 Å². The van der Waals surface area contributed by atoms with E-state index in [0.717, 1.165) is 38.3 Å². The van der Waals surface area contributed by atoms with Gasteiger partial charge in [-0.05, 0) is 13.0 Å². The van der Waals surface area contributed by atoms with Crippen LogP contribution in [0.1, 0.15) is 18.6 Å². The van der Waals surface area contributed by atoms with Crippen molar-refractivity contribution < 1.29 is 10.2 Å². The number of nitrogens with zero attached hydrogens (tertiary/aromatic N) is 2. The Morgan fingerprint density at radius 1 is 1.05 bits per heavy atom. The number of piperazine rings is 1. The number of aliphatic hydroxyl groups excluding tert-OH is 2. The van der Waals surface area contributed by atoms with E-state index < -0.39 is 6.10 Å². The van der Waals surface area contributed by atoms with E-state index in [-0.39, 0.29) is 6.10 Å². The SMILES string of the molecule is C[C@@H](O)CN1CCN(C[C@H](O)c2ccccc2Cl)CC1. The van der Waals surface area contributed by atoms with Crippen LogP contribution in [0.2, 0.25) is 5.02 Å². The van der Waals surface area contributed by atoms with Crippen LogP contribution in [0.15, 0.2) is 24.3 Å². The first-order chi connectivity index (χ1) is 9.56. The molecule has 0 spiro atoms. The Balaban J connectivity index is 1.82. The number of hydrogen-bond acceptors (Lipinski definition) is 4. The average molecular weight is 299 g/mol.